The Kier molecular flexibility index (Phi) is 5.58. The molecule has 0 bridgehead atoms. The lowest BCUT2D eigenvalue weighted by molar-refractivity contribution is 0.0601. The van der Waals surface area contributed by atoms with Crippen molar-refractivity contribution in [3.05, 3.63) is 46.8 Å². The Bertz CT molecular complexity index is 509. The van der Waals surface area contributed by atoms with E-state index in [1.165, 1.54) is 7.11 Å². The third-order valence-corrected chi connectivity index (χ3v) is 2.70. The number of rotatable bonds is 2. The van der Waals surface area contributed by atoms with Crippen LogP contribution in [0.1, 0.15) is 24.2 Å². The maximum Gasteiger partial charge on any atom is 0.339 e. The predicted octanol–water partition coefficient (Wildman–Crippen LogP) is 3.45. The number of hydrogen-bond acceptors (Lipinski definition) is 3. The lowest BCUT2D eigenvalue weighted by Gasteiger charge is -2.01. The fraction of sp³-hybridized carbons (Fsp3) is 0.231. The van der Waals surface area contributed by atoms with Crippen LogP contribution in [0.4, 0.5) is 0 Å². The molecule has 2 rings (SSSR count). The first kappa shape index (κ1) is 14.4. The van der Waals surface area contributed by atoms with E-state index in [0.717, 1.165) is 10.4 Å². The second-order valence-electron chi connectivity index (χ2n) is 3.10. The Morgan fingerprint density at radius 2 is 2.11 bits per heavy atom. The molecule has 0 N–H and O–H groups in total. The van der Waals surface area contributed by atoms with Crippen LogP contribution >= 0.6 is 15.9 Å². The molecule has 0 aliphatic carbocycles. The number of halogens is 1. The van der Waals surface area contributed by atoms with Gasteiger partial charge >= 0.3 is 5.97 Å². The Morgan fingerprint density at radius 1 is 1.39 bits per heavy atom. The van der Waals surface area contributed by atoms with Crippen molar-refractivity contribution in [3.8, 4) is 5.82 Å². The summed E-state index contributed by atoms with van der Waals surface area (Å²) in [6.45, 7) is 4.00. The van der Waals surface area contributed by atoms with Gasteiger partial charge < -0.3 is 4.74 Å². The zero-order valence-electron chi connectivity index (χ0n) is 10.6. The van der Waals surface area contributed by atoms with E-state index in [0.29, 0.717) is 5.56 Å². The molecule has 2 heterocycles. The van der Waals surface area contributed by atoms with E-state index in [4.69, 9.17) is 0 Å². The quantitative estimate of drug-likeness (QED) is 0.798. The van der Waals surface area contributed by atoms with Gasteiger partial charge in [0.25, 0.3) is 0 Å². The Balaban J connectivity index is 0.000000771. The van der Waals surface area contributed by atoms with Crippen molar-refractivity contribution < 1.29 is 9.53 Å². The molecule has 0 aliphatic rings. The average molecular weight is 311 g/mol. The minimum Gasteiger partial charge on any atom is -0.465 e. The van der Waals surface area contributed by atoms with Gasteiger partial charge in [0.1, 0.15) is 5.82 Å². The molecule has 96 valence electrons. The maximum atomic E-state index is 11.3. The third-order valence-electron chi connectivity index (χ3n) is 2.09. The molecule has 2 aromatic heterocycles. The van der Waals surface area contributed by atoms with Gasteiger partial charge in [-0.2, -0.15) is 0 Å². The number of pyridine rings is 1. The molecule has 5 heteroatoms. The monoisotopic (exact) mass is 310 g/mol. The van der Waals surface area contributed by atoms with Gasteiger partial charge in [-0.05, 0) is 34.1 Å². The summed E-state index contributed by atoms with van der Waals surface area (Å²) < 4.78 is 7.17. The van der Waals surface area contributed by atoms with Crippen molar-refractivity contribution in [3.63, 3.8) is 0 Å². The smallest absolute Gasteiger partial charge is 0.339 e. The summed E-state index contributed by atoms with van der Waals surface area (Å²) in [6.07, 6.45) is 3.37. The van der Waals surface area contributed by atoms with Crippen molar-refractivity contribution in [1.29, 1.82) is 0 Å². The van der Waals surface area contributed by atoms with Crippen molar-refractivity contribution in [2.24, 2.45) is 0 Å². The summed E-state index contributed by atoms with van der Waals surface area (Å²) in [4.78, 5) is 15.5. The second-order valence-corrected chi connectivity index (χ2v) is 3.91. The van der Waals surface area contributed by atoms with E-state index in [1.54, 1.807) is 23.0 Å². The maximum absolute atomic E-state index is 11.3. The molecule has 2 aromatic rings. The van der Waals surface area contributed by atoms with Gasteiger partial charge in [-0.1, -0.05) is 19.9 Å². The van der Waals surface area contributed by atoms with Crippen LogP contribution < -0.4 is 0 Å². The standard InChI is InChI=1S/C11H9BrN2O2.C2H6/c1-16-11(15)8-6-9(12)14(7-8)10-4-2-3-5-13-10;1-2/h2-7H,1H3;1-2H3. The first-order chi connectivity index (χ1) is 8.72. The molecule has 0 radical (unpaired) electrons. The van der Waals surface area contributed by atoms with Gasteiger partial charge in [-0.15, -0.1) is 0 Å². The molecule has 0 aromatic carbocycles. The SMILES string of the molecule is CC.COC(=O)c1cc(Br)n(-c2ccccn2)c1. The number of methoxy groups -OCH3 is 1. The van der Waals surface area contributed by atoms with E-state index in [9.17, 15) is 4.79 Å². The van der Waals surface area contributed by atoms with Crippen molar-refractivity contribution in [2.75, 3.05) is 7.11 Å². The topological polar surface area (TPSA) is 44.1 Å². The van der Waals surface area contributed by atoms with E-state index >= 15 is 0 Å². The van der Waals surface area contributed by atoms with E-state index in [1.807, 2.05) is 32.0 Å². The molecular weight excluding hydrogens is 296 g/mol. The first-order valence-corrected chi connectivity index (χ1v) is 6.39. The zero-order valence-corrected chi connectivity index (χ0v) is 12.1. The molecule has 0 saturated carbocycles. The molecule has 18 heavy (non-hydrogen) atoms. The summed E-state index contributed by atoms with van der Waals surface area (Å²) in [7, 11) is 1.36. The second kappa shape index (κ2) is 6.96. The van der Waals surface area contributed by atoms with Gasteiger partial charge in [0.2, 0.25) is 0 Å². The normalized spacial score (nSPS) is 9.33. The molecule has 0 fully saturated rings. The van der Waals surface area contributed by atoms with Crippen LogP contribution in [0.15, 0.2) is 41.3 Å². The number of carbonyl (C=O) groups excluding carboxylic acids is 1. The van der Waals surface area contributed by atoms with Crippen molar-refractivity contribution in [2.45, 2.75) is 13.8 Å². The third kappa shape index (κ3) is 3.20. The highest BCUT2D eigenvalue weighted by atomic mass is 79.9. The summed E-state index contributed by atoms with van der Waals surface area (Å²) in [5.41, 5.74) is 0.486. The van der Waals surface area contributed by atoms with Crippen LogP contribution in [0, 0.1) is 0 Å². The minimum absolute atomic E-state index is 0.365. The molecule has 0 saturated heterocycles. The highest BCUT2D eigenvalue weighted by Crippen LogP contribution is 2.19. The average Bonchev–Trinajstić information content (AvgIpc) is 2.83. The Morgan fingerprint density at radius 3 is 2.67 bits per heavy atom. The van der Waals surface area contributed by atoms with E-state index < -0.39 is 0 Å². The highest BCUT2D eigenvalue weighted by molar-refractivity contribution is 9.10. The number of aromatic nitrogens is 2. The van der Waals surface area contributed by atoms with Crippen molar-refractivity contribution in [1.82, 2.24) is 9.55 Å². The first-order valence-electron chi connectivity index (χ1n) is 5.60. The molecule has 0 amide bonds. The Labute approximate surface area is 115 Å². The molecule has 0 spiro atoms. The summed E-state index contributed by atoms with van der Waals surface area (Å²) in [5.74, 6) is 0.375. The van der Waals surface area contributed by atoms with Crippen molar-refractivity contribution >= 4 is 21.9 Å². The Hall–Kier alpha value is -1.62. The van der Waals surface area contributed by atoms with Crippen LogP contribution in [0.3, 0.4) is 0 Å². The fourth-order valence-electron chi connectivity index (χ4n) is 1.34. The van der Waals surface area contributed by atoms with Crippen LogP contribution in [0.5, 0.6) is 0 Å². The highest BCUT2D eigenvalue weighted by Gasteiger charge is 2.12. The molecule has 0 atom stereocenters. The number of esters is 1. The molecule has 0 unspecified atom stereocenters. The molecular formula is C13H15BrN2O2. The van der Waals surface area contributed by atoms with Crippen LogP contribution in [-0.2, 0) is 4.74 Å². The van der Waals surface area contributed by atoms with Crippen LogP contribution in [0.2, 0.25) is 0 Å². The number of ether oxygens (including phenoxy) is 1. The van der Waals surface area contributed by atoms with Gasteiger partial charge in [-0.3, -0.25) is 4.57 Å². The molecule has 4 nitrogen and oxygen atoms in total. The summed E-state index contributed by atoms with van der Waals surface area (Å²) >= 11 is 3.37. The summed E-state index contributed by atoms with van der Waals surface area (Å²) in [5, 5.41) is 0. The van der Waals surface area contributed by atoms with Crippen LogP contribution in [0.25, 0.3) is 5.82 Å². The van der Waals surface area contributed by atoms with Gasteiger partial charge in [0.15, 0.2) is 0 Å². The zero-order chi connectivity index (χ0) is 13.5. The summed E-state index contributed by atoms with van der Waals surface area (Å²) in [6, 6.07) is 7.26. The lowest BCUT2D eigenvalue weighted by atomic mass is 10.3. The van der Waals surface area contributed by atoms with Gasteiger partial charge in [-0.25, -0.2) is 9.78 Å². The number of nitrogens with zero attached hydrogens (tertiary/aromatic N) is 2. The van der Waals surface area contributed by atoms with Crippen LogP contribution in [-0.4, -0.2) is 22.6 Å². The molecule has 0 aliphatic heterocycles. The van der Waals surface area contributed by atoms with Gasteiger partial charge in [0, 0.05) is 12.4 Å². The van der Waals surface area contributed by atoms with E-state index in [2.05, 4.69) is 25.7 Å². The number of hydrogen-bond donors (Lipinski definition) is 0. The van der Waals surface area contributed by atoms with E-state index in [-0.39, 0.29) is 5.97 Å². The minimum atomic E-state index is -0.365. The predicted molar refractivity (Wildman–Crippen MR) is 74.0 cm³/mol. The number of carbonyl (C=O) groups is 1. The largest absolute Gasteiger partial charge is 0.465 e. The van der Waals surface area contributed by atoms with Gasteiger partial charge in [0.05, 0.1) is 17.3 Å². The fourth-order valence-corrected chi connectivity index (χ4v) is 1.87. The lowest BCUT2D eigenvalue weighted by Crippen LogP contribution is -1.99.